The minimum Gasteiger partial charge on any atom is -0.457 e. The molecule has 0 saturated heterocycles. The summed E-state index contributed by atoms with van der Waals surface area (Å²) in [5, 5.41) is 3.45. The Bertz CT molecular complexity index is 617. The highest BCUT2D eigenvalue weighted by molar-refractivity contribution is 5.39. The van der Waals surface area contributed by atoms with Crippen molar-refractivity contribution >= 4 is 0 Å². The molecule has 2 aromatic carbocycles. The molecule has 0 saturated carbocycles. The summed E-state index contributed by atoms with van der Waals surface area (Å²) in [6.07, 6.45) is 0. The second-order valence-corrected chi connectivity index (χ2v) is 6.26. The number of hydrogen-bond donors (Lipinski definition) is 1. The summed E-state index contributed by atoms with van der Waals surface area (Å²) in [5.74, 6) is 0.968. The van der Waals surface area contributed by atoms with Crippen molar-refractivity contribution in [3.63, 3.8) is 0 Å². The zero-order valence-electron chi connectivity index (χ0n) is 13.0. The average molecular weight is 287 g/mol. The van der Waals surface area contributed by atoms with Crippen LogP contribution < -0.4 is 10.1 Å². The third-order valence-electron chi connectivity index (χ3n) is 3.09. The lowest BCUT2D eigenvalue weighted by molar-refractivity contribution is 0.424. The third-order valence-corrected chi connectivity index (χ3v) is 3.09. The first kappa shape index (κ1) is 15.5. The van der Waals surface area contributed by atoms with E-state index in [1.807, 2.05) is 19.1 Å². The number of aryl methyl sites for hydroxylation is 1. The van der Waals surface area contributed by atoms with E-state index in [1.165, 1.54) is 17.7 Å². The van der Waals surface area contributed by atoms with Crippen LogP contribution in [-0.4, -0.2) is 5.54 Å². The van der Waals surface area contributed by atoms with E-state index in [4.69, 9.17) is 4.74 Å². The molecule has 1 N–H and O–H groups in total. The molecule has 0 fully saturated rings. The van der Waals surface area contributed by atoms with Crippen LogP contribution in [0, 0.1) is 12.7 Å². The van der Waals surface area contributed by atoms with Crippen molar-refractivity contribution in [1.29, 1.82) is 0 Å². The highest BCUT2D eigenvalue weighted by Gasteiger charge is 2.09. The number of benzene rings is 2. The van der Waals surface area contributed by atoms with Crippen LogP contribution in [0.3, 0.4) is 0 Å². The predicted octanol–water partition coefficient (Wildman–Crippen LogP) is 4.81. The van der Waals surface area contributed by atoms with Crippen molar-refractivity contribution in [2.75, 3.05) is 0 Å². The summed E-state index contributed by atoms with van der Waals surface area (Å²) >= 11 is 0. The van der Waals surface area contributed by atoms with Crippen LogP contribution in [-0.2, 0) is 6.54 Å². The van der Waals surface area contributed by atoms with Gasteiger partial charge in [0.25, 0.3) is 0 Å². The minimum atomic E-state index is -0.295. The summed E-state index contributed by atoms with van der Waals surface area (Å²) < 4.78 is 18.9. The van der Waals surface area contributed by atoms with Crippen molar-refractivity contribution in [3.8, 4) is 11.5 Å². The Hall–Kier alpha value is -1.87. The van der Waals surface area contributed by atoms with Crippen LogP contribution in [0.2, 0.25) is 0 Å². The van der Waals surface area contributed by atoms with Gasteiger partial charge in [-0.15, -0.1) is 0 Å². The molecular weight excluding hydrogens is 265 g/mol. The zero-order chi connectivity index (χ0) is 15.5. The third kappa shape index (κ3) is 4.87. The number of rotatable bonds is 4. The van der Waals surface area contributed by atoms with Gasteiger partial charge in [0.1, 0.15) is 17.3 Å². The highest BCUT2D eigenvalue weighted by Crippen LogP contribution is 2.26. The second kappa shape index (κ2) is 6.27. The van der Waals surface area contributed by atoms with Gasteiger partial charge in [0.2, 0.25) is 0 Å². The first-order chi connectivity index (χ1) is 9.83. The Morgan fingerprint density at radius 2 is 1.86 bits per heavy atom. The molecule has 21 heavy (non-hydrogen) atoms. The summed E-state index contributed by atoms with van der Waals surface area (Å²) in [6.45, 7) is 9.23. The van der Waals surface area contributed by atoms with Crippen molar-refractivity contribution in [2.45, 2.75) is 39.8 Å². The summed E-state index contributed by atoms with van der Waals surface area (Å²) in [5.41, 5.74) is 2.33. The van der Waals surface area contributed by atoms with E-state index in [-0.39, 0.29) is 11.4 Å². The molecule has 0 aromatic heterocycles. The standard InChI is InChI=1S/C18H22FNO/c1-13-10-14(12-20-18(2,3)4)8-9-17(13)21-16-7-5-6-15(19)11-16/h5-11,20H,12H2,1-4H3. The molecule has 0 aliphatic heterocycles. The lowest BCUT2D eigenvalue weighted by atomic mass is 10.1. The topological polar surface area (TPSA) is 21.3 Å². The highest BCUT2D eigenvalue weighted by atomic mass is 19.1. The van der Waals surface area contributed by atoms with Gasteiger partial charge in [-0.3, -0.25) is 0 Å². The Morgan fingerprint density at radius 1 is 1.10 bits per heavy atom. The van der Waals surface area contributed by atoms with Gasteiger partial charge in [-0.1, -0.05) is 18.2 Å². The fourth-order valence-corrected chi connectivity index (χ4v) is 1.96. The van der Waals surface area contributed by atoms with Crippen LogP contribution >= 0.6 is 0 Å². The molecule has 2 aromatic rings. The van der Waals surface area contributed by atoms with Gasteiger partial charge in [-0.2, -0.15) is 0 Å². The first-order valence-corrected chi connectivity index (χ1v) is 7.11. The molecule has 0 aliphatic carbocycles. The molecule has 0 spiro atoms. The monoisotopic (exact) mass is 287 g/mol. The predicted molar refractivity (Wildman–Crippen MR) is 84.2 cm³/mol. The smallest absolute Gasteiger partial charge is 0.130 e. The summed E-state index contributed by atoms with van der Waals surface area (Å²) in [4.78, 5) is 0. The molecule has 2 nitrogen and oxygen atoms in total. The maximum Gasteiger partial charge on any atom is 0.130 e. The average Bonchev–Trinajstić information content (AvgIpc) is 2.38. The molecule has 0 aliphatic rings. The fourth-order valence-electron chi connectivity index (χ4n) is 1.96. The van der Waals surface area contributed by atoms with Gasteiger partial charge in [0, 0.05) is 18.2 Å². The lowest BCUT2D eigenvalue weighted by Crippen LogP contribution is -2.35. The van der Waals surface area contributed by atoms with Crippen molar-refractivity contribution in [2.24, 2.45) is 0 Å². The van der Waals surface area contributed by atoms with E-state index < -0.39 is 0 Å². The SMILES string of the molecule is Cc1cc(CNC(C)(C)C)ccc1Oc1cccc(F)c1. The Labute approximate surface area is 126 Å². The molecule has 0 unspecified atom stereocenters. The van der Waals surface area contributed by atoms with Gasteiger partial charge in [0.05, 0.1) is 0 Å². The van der Waals surface area contributed by atoms with Gasteiger partial charge in [0.15, 0.2) is 0 Å². The second-order valence-electron chi connectivity index (χ2n) is 6.26. The molecule has 0 amide bonds. The number of hydrogen-bond acceptors (Lipinski definition) is 2. The number of halogens is 1. The van der Waals surface area contributed by atoms with Gasteiger partial charge in [-0.05, 0) is 57.0 Å². The maximum atomic E-state index is 13.2. The van der Waals surface area contributed by atoms with E-state index in [1.54, 1.807) is 12.1 Å². The van der Waals surface area contributed by atoms with Crippen LogP contribution in [0.15, 0.2) is 42.5 Å². The number of nitrogens with one attached hydrogen (secondary N) is 1. The largest absolute Gasteiger partial charge is 0.457 e. The Morgan fingerprint density at radius 3 is 2.48 bits per heavy atom. The van der Waals surface area contributed by atoms with Crippen LogP contribution in [0.25, 0.3) is 0 Å². The lowest BCUT2D eigenvalue weighted by Gasteiger charge is -2.21. The zero-order valence-corrected chi connectivity index (χ0v) is 13.0. The minimum absolute atomic E-state index is 0.0879. The van der Waals surface area contributed by atoms with E-state index in [0.29, 0.717) is 5.75 Å². The van der Waals surface area contributed by atoms with E-state index in [9.17, 15) is 4.39 Å². The summed E-state index contributed by atoms with van der Waals surface area (Å²) in [7, 11) is 0. The van der Waals surface area contributed by atoms with Crippen LogP contribution in [0.4, 0.5) is 4.39 Å². The van der Waals surface area contributed by atoms with Crippen molar-refractivity contribution in [1.82, 2.24) is 5.32 Å². The van der Waals surface area contributed by atoms with Crippen LogP contribution in [0.1, 0.15) is 31.9 Å². The normalized spacial score (nSPS) is 11.5. The van der Waals surface area contributed by atoms with Gasteiger partial charge >= 0.3 is 0 Å². The fraction of sp³-hybridized carbons (Fsp3) is 0.333. The molecular formula is C18H22FNO. The molecule has 0 heterocycles. The quantitative estimate of drug-likeness (QED) is 0.871. The number of ether oxygens (including phenoxy) is 1. The summed E-state index contributed by atoms with van der Waals surface area (Å²) in [6, 6.07) is 12.2. The van der Waals surface area contributed by atoms with Crippen LogP contribution in [0.5, 0.6) is 11.5 Å². The maximum absolute atomic E-state index is 13.2. The molecule has 3 heteroatoms. The van der Waals surface area contributed by atoms with Crippen molar-refractivity contribution in [3.05, 3.63) is 59.4 Å². The molecule has 0 bridgehead atoms. The van der Waals surface area contributed by atoms with E-state index >= 15 is 0 Å². The van der Waals surface area contributed by atoms with E-state index in [2.05, 4.69) is 32.2 Å². The molecule has 0 atom stereocenters. The Kier molecular flexibility index (Phi) is 4.63. The first-order valence-electron chi connectivity index (χ1n) is 7.11. The molecule has 2 rings (SSSR count). The van der Waals surface area contributed by atoms with Crippen molar-refractivity contribution < 1.29 is 9.13 Å². The molecule has 112 valence electrons. The Balaban J connectivity index is 2.09. The van der Waals surface area contributed by atoms with Gasteiger partial charge < -0.3 is 10.1 Å². The van der Waals surface area contributed by atoms with E-state index in [0.717, 1.165) is 17.9 Å². The van der Waals surface area contributed by atoms with Gasteiger partial charge in [-0.25, -0.2) is 4.39 Å². The molecule has 0 radical (unpaired) electrons.